The predicted molar refractivity (Wildman–Crippen MR) is 95.3 cm³/mol. The molecule has 0 unspecified atom stereocenters. The van der Waals surface area contributed by atoms with Crippen molar-refractivity contribution in [2.75, 3.05) is 26.2 Å². The van der Waals surface area contributed by atoms with E-state index in [4.69, 9.17) is 23.2 Å². The summed E-state index contributed by atoms with van der Waals surface area (Å²) in [5.74, 6) is -2.84. The van der Waals surface area contributed by atoms with Crippen LogP contribution in [0.4, 0.5) is 8.78 Å². The molecule has 0 N–H and O–H groups in total. The Bertz CT molecular complexity index is 996. The second kappa shape index (κ2) is 7.67. The lowest BCUT2D eigenvalue weighted by Gasteiger charge is -2.34. The molecule has 0 aliphatic carbocycles. The number of benzene rings is 1. The van der Waals surface area contributed by atoms with Gasteiger partial charge in [-0.25, -0.2) is 22.2 Å². The first-order valence-electron chi connectivity index (χ1n) is 7.76. The lowest BCUT2D eigenvalue weighted by atomic mass is 10.3. The molecule has 144 valence electrons. The first-order chi connectivity index (χ1) is 12.7. The van der Waals surface area contributed by atoms with Crippen LogP contribution in [-0.2, 0) is 10.0 Å². The van der Waals surface area contributed by atoms with Crippen molar-refractivity contribution >= 4 is 39.1 Å². The molecule has 2 heterocycles. The van der Waals surface area contributed by atoms with Gasteiger partial charge in [0.25, 0.3) is 5.91 Å². The van der Waals surface area contributed by atoms with Crippen LogP contribution in [0.5, 0.6) is 0 Å². The van der Waals surface area contributed by atoms with Crippen molar-refractivity contribution in [2.24, 2.45) is 0 Å². The zero-order valence-corrected chi connectivity index (χ0v) is 16.0. The summed E-state index contributed by atoms with van der Waals surface area (Å²) in [6.07, 6.45) is 0. The molecule has 1 fully saturated rings. The van der Waals surface area contributed by atoms with Crippen molar-refractivity contribution in [3.05, 3.63) is 57.8 Å². The maximum atomic E-state index is 13.4. The van der Waals surface area contributed by atoms with Crippen LogP contribution in [0.1, 0.15) is 10.5 Å². The van der Waals surface area contributed by atoms with E-state index in [9.17, 15) is 22.0 Å². The molecule has 1 amide bonds. The number of pyridine rings is 1. The SMILES string of the molecule is O=C(c1nc(Cl)ccc1Cl)N1CCN(S(=O)(=O)c2ccc(F)c(F)c2)CC1. The van der Waals surface area contributed by atoms with Crippen molar-refractivity contribution in [2.45, 2.75) is 4.90 Å². The first kappa shape index (κ1) is 19.9. The number of piperazine rings is 1. The van der Waals surface area contributed by atoms with Gasteiger partial charge in [0.2, 0.25) is 10.0 Å². The van der Waals surface area contributed by atoms with Gasteiger partial charge in [0.15, 0.2) is 11.6 Å². The van der Waals surface area contributed by atoms with E-state index in [-0.39, 0.29) is 46.9 Å². The number of halogens is 4. The Morgan fingerprint density at radius 1 is 1.00 bits per heavy atom. The third-order valence-electron chi connectivity index (χ3n) is 4.07. The highest BCUT2D eigenvalue weighted by Gasteiger charge is 2.32. The highest BCUT2D eigenvalue weighted by molar-refractivity contribution is 7.89. The summed E-state index contributed by atoms with van der Waals surface area (Å²) >= 11 is 11.8. The highest BCUT2D eigenvalue weighted by Crippen LogP contribution is 2.22. The number of rotatable bonds is 3. The summed E-state index contributed by atoms with van der Waals surface area (Å²) in [5.41, 5.74) is -0.0129. The van der Waals surface area contributed by atoms with Crippen molar-refractivity contribution in [1.82, 2.24) is 14.2 Å². The van der Waals surface area contributed by atoms with Gasteiger partial charge in [-0.15, -0.1) is 0 Å². The Kier molecular flexibility index (Phi) is 5.66. The van der Waals surface area contributed by atoms with E-state index in [0.717, 1.165) is 16.4 Å². The fourth-order valence-corrected chi connectivity index (χ4v) is 4.40. The number of amides is 1. The fourth-order valence-electron chi connectivity index (χ4n) is 2.64. The van der Waals surface area contributed by atoms with Crippen LogP contribution >= 0.6 is 23.2 Å². The molecule has 1 aliphatic rings. The van der Waals surface area contributed by atoms with Gasteiger partial charge in [0.1, 0.15) is 10.8 Å². The van der Waals surface area contributed by atoms with E-state index in [1.807, 2.05) is 0 Å². The van der Waals surface area contributed by atoms with Crippen molar-refractivity contribution in [3.63, 3.8) is 0 Å². The molecule has 1 saturated heterocycles. The predicted octanol–water partition coefficient (Wildman–Crippen LogP) is 2.81. The molecule has 3 rings (SSSR count). The summed E-state index contributed by atoms with van der Waals surface area (Å²) in [6.45, 7) is 0.162. The second-order valence-corrected chi connectivity index (χ2v) is 8.47. The Balaban J connectivity index is 1.73. The van der Waals surface area contributed by atoms with Crippen LogP contribution in [-0.4, -0.2) is 54.7 Å². The van der Waals surface area contributed by atoms with Gasteiger partial charge < -0.3 is 4.90 Å². The normalized spacial score (nSPS) is 15.8. The molecule has 0 atom stereocenters. The minimum atomic E-state index is -4.00. The van der Waals surface area contributed by atoms with Crippen molar-refractivity contribution < 1.29 is 22.0 Å². The lowest BCUT2D eigenvalue weighted by molar-refractivity contribution is 0.0692. The Morgan fingerprint density at radius 3 is 2.30 bits per heavy atom. The molecule has 0 bridgehead atoms. The number of hydrogen-bond acceptors (Lipinski definition) is 4. The van der Waals surface area contributed by atoms with Crippen molar-refractivity contribution in [1.29, 1.82) is 0 Å². The standard InChI is InChI=1S/C16H13Cl2F2N3O3S/c17-11-2-4-14(18)21-15(11)16(24)22-5-7-23(8-6-22)27(25,26)10-1-3-12(19)13(20)9-10/h1-4,9H,5-8H2. The summed E-state index contributed by atoms with van der Waals surface area (Å²) in [4.78, 5) is 17.5. The zero-order chi connectivity index (χ0) is 19.8. The van der Waals surface area contributed by atoms with E-state index in [1.54, 1.807) is 0 Å². The third kappa shape index (κ3) is 4.06. The van der Waals surface area contributed by atoms with E-state index in [1.165, 1.54) is 17.0 Å². The molecule has 0 spiro atoms. The molecule has 0 saturated carbocycles. The van der Waals surface area contributed by atoms with Crippen molar-refractivity contribution in [3.8, 4) is 0 Å². The topological polar surface area (TPSA) is 70.6 Å². The van der Waals surface area contributed by atoms with Crippen LogP contribution < -0.4 is 0 Å². The summed E-state index contributed by atoms with van der Waals surface area (Å²) in [6, 6.07) is 5.30. The fraction of sp³-hybridized carbons (Fsp3) is 0.250. The van der Waals surface area contributed by atoms with Crippen LogP contribution in [0.3, 0.4) is 0 Å². The monoisotopic (exact) mass is 435 g/mol. The van der Waals surface area contributed by atoms with Gasteiger partial charge in [-0.05, 0) is 30.3 Å². The Labute approximate surface area is 164 Å². The number of carbonyl (C=O) groups excluding carboxylic acids is 1. The van der Waals surface area contributed by atoms with Gasteiger partial charge >= 0.3 is 0 Å². The van der Waals surface area contributed by atoms with E-state index in [2.05, 4.69) is 4.98 Å². The summed E-state index contributed by atoms with van der Waals surface area (Å²) < 4.78 is 52.7. The quantitative estimate of drug-likeness (QED) is 0.694. The average molecular weight is 436 g/mol. The average Bonchev–Trinajstić information content (AvgIpc) is 2.65. The van der Waals surface area contributed by atoms with Crippen LogP contribution in [0, 0.1) is 11.6 Å². The summed E-state index contributed by atoms with van der Waals surface area (Å²) in [7, 11) is -4.00. The number of sulfonamides is 1. The number of hydrogen-bond donors (Lipinski definition) is 0. The van der Waals surface area contributed by atoms with E-state index in [0.29, 0.717) is 6.07 Å². The van der Waals surface area contributed by atoms with E-state index < -0.39 is 27.6 Å². The molecule has 1 aromatic carbocycles. The maximum Gasteiger partial charge on any atom is 0.274 e. The highest BCUT2D eigenvalue weighted by atomic mass is 35.5. The lowest BCUT2D eigenvalue weighted by Crippen LogP contribution is -2.50. The molecular weight excluding hydrogens is 423 g/mol. The van der Waals surface area contributed by atoms with Gasteiger partial charge in [0.05, 0.1) is 9.92 Å². The second-order valence-electron chi connectivity index (χ2n) is 5.74. The van der Waals surface area contributed by atoms with Gasteiger partial charge in [-0.1, -0.05) is 23.2 Å². The molecule has 6 nitrogen and oxygen atoms in total. The zero-order valence-electron chi connectivity index (χ0n) is 13.7. The third-order valence-corrected chi connectivity index (χ3v) is 6.48. The molecular formula is C16H13Cl2F2N3O3S. The van der Waals surface area contributed by atoms with Crippen LogP contribution in [0.15, 0.2) is 35.2 Å². The largest absolute Gasteiger partial charge is 0.335 e. The minimum Gasteiger partial charge on any atom is -0.335 e. The van der Waals surface area contributed by atoms with Gasteiger partial charge in [-0.2, -0.15) is 4.31 Å². The number of carbonyl (C=O) groups is 1. The molecule has 27 heavy (non-hydrogen) atoms. The molecule has 0 radical (unpaired) electrons. The van der Waals surface area contributed by atoms with Crippen LogP contribution in [0.25, 0.3) is 0 Å². The van der Waals surface area contributed by atoms with E-state index >= 15 is 0 Å². The molecule has 11 heteroatoms. The first-order valence-corrected chi connectivity index (χ1v) is 9.96. The minimum absolute atomic E-state index is 0.00868. The molecule has 1 aromatic heterocycles. The Hall–Kier alpha value is -1.81. The number of aromatic nitrogens is 1. The summed E-state index contributed by atoms with van der Waals surface area (Å²) in [5, 5.41) is 0.253. The van der Waals surface area contributed by atoms with Gasteiger partial charge in [-0.3, -0.25) is 4.79 Å². The smallest absolute Gasteiger partial charge is 0.274 e. The maximum absolute atomic E-state index is 13.4. The molecule has 2 aromatic rings. The van der Waals surface area contributed by atoms with Crippen LogP contribution in [0.2, 0.25) is 10.2 Å². The Morgan fingerprint density at radius 2 is 1.67 bits per heavy atom. The van der Waals surface area contributed by atoms with Gasteiger partial charge in [0, 0.05) is 26.2 Å². The molecule has 1 aliphatic heterocycles. The number of nitrogens with zero attached hydrogens (tertiary/aromatic N) is 3.